The van der Waals surface area contributed by atoms with Crippen molar-refractivity contribution in [2.45, 2.75) is 32.4 Å². The predicted molar refractivity (Wildman–Crippen MR) is 54.0 cm³/mol. The molecule has 1 fully saturated rings. The zero-order valence-electron chi connectivity index (χ0n) is 8.35. The zero-order valence-corrected chi connectivity index (χ0v) is 8.35. The van der Waals surface area contributed by atoms with Gasteiger partial charge in [-0.05, 0) is 31.9 Å². The van der Waals surface area contributed by atoms with Crippen molar-refractivity contribution in [2.75, 3.05) is 11.4 Å². The number of aliphatic hydroxyl groups excluding tert-OH is 1. The van der Waals surface area contributed by atoms with E-state index in [2.05, 4.69) is 22.0 Å². The number of rotatable bonds is 2. The second kappa shape index (κ2) is 3.92. The van der Waals surface area contributed by atoms with Crippen LogP contribution >= 0.6 is 0 Å². The number of hydrogen-bond acceptors (Lipinski definition) is 4. The monoisotopic (exact) mass is 193 g/mol. The Balaban J connectivity index is 2.16. The quantitative estimate of drug-likeness (QED) is 0.760. The molecule has 1 atom stereocenters. The third kappa shape index (κ3) is 1.70. The molecule has 4 nitrogen and oxygen atoms in total. The van der Waals surface area contributed by atoms with Gasteiger partial charge < -0.3 is 10.0 Å². The maximum atomic E-state index is 8.83. The lowest BCUT2D eigenvalue weighted by Crippen LogP contribution is -2.27. The van der Waals surface area contributed by atoms with Crippen LogP contribution in [0.25, 0.3) is 0 Å². The highest BCUT2D eigenvalue weighted by Gasteiger charge is 2.21. The maximum absolute atomic E-state index is 8.83. The molecule has 0 bridgehead atoms. The lowest BCUT2D eigenvalue weighted by atomic mass is 10.2. The molecule has 1 N–H and O–H groups in total. The Morgan fingerprint density at radius 2 is 2.36 bits per heavy atom. The molecule has 2 heterocycles. The van der Waals surface area contributed by atoms with Crippen molar-refractivity contribution in [2.24, 2.45) is 0 Å². The summed E-state index contributed by atoms with van der Waals surface area (Å²) in [5.41, 5.74) is 0.626. The molecule has 4 heteroatoms. The smallest absolute Gasteiger partial charge is 0.151 e. The van der Waals surface area contributed by atoms with Gasteiger partial charge in [0.05, 0.1) is 12.3 Å². The van der Waals surface area contributed by atoms with E-state index in [0.717, 1.165) is 12.4 Å². The molecule has 0 saturated carbocycles. The second-order valence-corrected chi connectivity index (χ2v) is 3.73. The lowest BCUT2D eigenvalue weighted by molar-refractivity contribution is 0.275. The number of hydrogen-bond donors (Lipinski definition) is 1. The van der Waals surface area contributed by atoms with Gasteiger partial charge in [-0.2, -0.15) is 5.10 Å². The number of nitrogens with zero attached hydrogens (tertiary/aromatic N) is 3. The second-order valence-electron chi connectivity index (χ2n) is 3.73. The fraction of sp³-hybridized carbons (Fsp3) is 0.600. The first-order valence-electron chi connectivity index (χ1n) is 5.01. The summed E-state index contributed by atoms with van der Waals surface area (Å²) in [5.74, 6) is 0.923. The molecule has 2 rings (SSSR count). The van der Waals surface area contributed by atoms with Crippen LogP contribution in [0.1, 0.15) is 25.5 Å². The van der Waals surface area contributed by atoms with E-state index >= 15 is 0 Å². The molecule has 0 aliphatic carbocycles. The first-order valence-corrected chi connectivity index (χ1v) is 5.01. The van der Waals surface area contributed by atoms with Gasteiger partial charge in [-0.15, -0.1) is 5.10 Å². The van der Waals surface area contributed by atoms with E-state index in [4.69, 9.17) is 5.11 Å². The molecule has 1 unspecified atom stereocenters. The molecule has 1 aromatic heterocycles. The van der Waals surface area contributed by atoms with Crippen molar-refractivity contribution in [3.63, 3.8) is 0 Å². The fourth-order valence-electron chi connectivity index (χ4n) is 1.86. The minimum Gasteiger partial charge on any atom is -0.390 e. The highest BCUT2D eigenvalue weighted by atomic mass is 16.3. The van der Waals surface area contributed by atoms with Gasteiger partial charge in [0.25, 0.3) is 0 Å². The van der Waals surface area contributed by atoms with Crippen molar-refractivity contribution in [3.05, 3.63) is 17.8 Å². The molecule has 1 aromatic rings. The average molecular weight is 193 g/mol. The molecule has 1 aliphatic rings. The Bertz CT molecular complexity index is 299. The number of aromatic nitrogens is 2. The topological polar surface area (TPSA) is 49.2 Å². The minimum absolute atomic E-state index is 0.0389. The van der Waals surface area contributed by atoms with Gasteiger partial charge in [-0.3, -0.25) is 0 Å². The summed E-state index contributed by atoms with van der Waals surface area (Å²) < 4.78 is 0. The Kier molecular flexibility index (Phi) is 2.63. The van der Waals surface area contributed by atoms with Gasteiger partial charge >= 0.3 is 0 Å². The van der Waals surface area contributed by atoms with Gasteiger partial charge in [-0.1, -0.05) is 0 Å². The van der Waals surface area contributed by atoms with E-state index in [-0.39, 0.29) is 6.61 Å². The number of anilines is 1. The normalized spacial score (nSPS) is 21.6. The van der Waals surface area contributed by atoms with E-state index < -0.39 is 0 Å². The summed E-state index contributed by atoms with van der Waals surface area (Å²) >= 11 is 0. The van der Waals surface area contributed by atoms with E-state index in [1.165, 1.54) is 12.8 Å². The van der Waals surface area contributed by atoms with Gasteiger partial charge in [0.15, 0.2) is 5.82 Å². The van der Waals surface area contributed by atoms with Crippen LogP contribution < -0.4 is 4.90 Å². The van der Waals surface area contributed by atoms with Crippen LogP contribution in [0.4, 0.5) is 5.82 Å². The summed E-state index contributed by atoms with van der Waals surface area (Å²) in [6.07, 6.45) is 2.45. The van der Waals surface area contributed by atoms with Crippen LogP contribution in [0.2, 0.25) is 0 Å². The maximum Gasteiger partial charge on any atom is 0.151 e. The van der Waals surface area contributed by atoms with Gasteiger partial charge in [0.2, 0.25) is 0 Å². The summed E-state index contributed by atoms with van der Waals surface area (Å²) in [4.78, 5) is 2.26. The molecule has 0 amide bonds. The largest absolute Gasteiger partial charge is 0.390 e. The van der Waals surface area contributed by atoms with Crippen LogP contribution in [0.15, 0.2) is 12.1 Å². The van der Waals surface area contributed by atoms with Crippen LogP contribution in [0.3, 0.4) is 0 Å². The van der Waals surface area contributed by atoms with E-state index in [0.29, 0.717) is 11.7 Å². The molecule has 14 heavy (non-hydrogen) atoms. The summed E-state index contributed by atoms with van der Waals surface area (Å²) in [5, 5.41) is 16.9. The lowest BCUT2D eigenvalue weighted by Gasteiger charge is -2.21. The Hall–Kier alpha value is -1.16. The third-order valence-corrected chi connectivity index (χ3v) is 2.71. The van der Waals surface area contributed by atoms with Gasteiger partial charge in [0, 0.05) is 12.6 Å². The Morgan fingerprint density at radius 1 is 1.50 bits per heavy atom. The van der Waals surface area contributed by atoms with E-state index in [9.17, 15) is 0 Å². The summed E-state index contributed by atoms with van der Waals surface area (Å²) in [6, 6.07) is 4.32. The molecular weight excluding hydrogens is 178 g/mol. The third-order valence-electron chi connectivity index (χ3n) is 2.71. The van der Waals surface area contributed by atoms with Gasteiger partial charge in [0.1, 0.15) is 0 Å². The first kappa shape index (κ1) is 9.40. The standard InChI is InChI=1S/C10H15N3O/c1-8-3-2-6-13(8)10-5-4-9(7-14)11-12-10/h4-5,8,14H,2-3,6-7H2,1H3. The Morgan fingerprint density at radius 3 is 2.86 bits per heavy atom. The fourth-order valence-corrected chi connectivity index (χ4v) is 1.86. The molecule has 0 radical (unpaired) electrons. The van der Waals surface area contributed by atoms with Crippen molar-refractivity contribution >= 4 is 5.82 Å². The summed E-state index contributed by atoms with van der Waals surface area (Å²) in [7, 11) is 0. The highest BCUT2D eigenvalue weighted by molar-refractivity contribution is 5.39. The molecular formula is C10H15N3O. The van der Waals surface area contributed by atoms with Crippen LogP contribution in [0.5, 0.6) is 0 Å². The first-order chi connectivity index (χ1) is 6.81. The predicted octanol–water partition coefficient (Wildman–Crippen LogP) is 0.958. The molecule has 1 saturated heterocycles. The summed E-state index contributed by atoms with van der Waals surface area (Å²) in [6.45, 7) is 3.23. The molecule has 76 valence electrons. The number of aliphatic hydroxyl groups is 1. The van der Waals surface area contributed by atoms with E-state index in [1.807, 2.05) is 12.1 Å². The van der Waals surface area contributed by atoms with Crippen molar-refractivity contribution in [1.82, 2.24) is 10.2 Å². The highest BCUT2D eigenvalue weighted by Crippen LogP contribution is 2.22. The molecule has 1 aliphatic heterocycles. The molecule has 0 spiro atoms. The SMILES string of the molecule is CC1CCCN1c1ccc(CO)nn1. The van der Waals surface area contributed by atoms with Crippen LogP contribution in [-0.4, -0.2) is 27.9 Å². The Labute approximate surface area is 83.6 Å². The van der Waals surface area contributed by atoms with Crippen molar-refractivity contribution < 1.29 is 5.11 Å². The van der Waals surface area contributed by atoms with Crippen molar-refractivity contribution in [1.29, 1.82) is 0 Å². The zero-order chi connectivity index (χ0) is 9.97. The average Bonchev–Trinajstić information content (AvgIpc) is 2.65. The van der Waals surface area contributed by atoms with Crippen LogP contribution in [0, 0.1) is 0 Å². The van der Waals surface area contributed by atoms with Crippen molar-refractivity contribution in [3.8, 4) is 0 Å². The van der Waals surface area contributed by atoms with E-state index in [1.54, 1.807) is 0 Å². The minimum atomic E-state index is -0.0389. The van der Waals surface area contributed by atoms with Gasteiger partial charge in [-0.25, -0.2) is 0 Å². The van der Waals surface area contributed by atoms with Crippen LogP contribution in [-0.2, 0) is 6.61 Å². The molecule has 0 aromatic carbocycles.